The molecule has 2 amide bonds. The maximum atomic E-state index is 12.8. The zero-order valence-corrected chi connectivity index (χ0v) is 11.2. The minimum atomic E-state index is -4.45. The van der Waals surface area contributed by atoms with Crippen molar-refractivity contribution in [2.45, 2.75) is 13.1 Å². The molecule has 0 saturated carbocycles. The molecule has 0 spiro atoms. The highest BCUT2D eigenvalue weighted by atomic mass is 19.4. The van der Waals surface area contributed by atoms with Crippen LogP contribution in [0.15, 0.2) is 48.5 Å². The molecule has 21 heavy (non-hydrogen) atoms. The Balaban J connectivity index is 2.11. The van der Waals surface area contributed by atoms with Crippen molar-refractivity contribution in [1.82, 2.24) is 0 Å². The van der Waals surface area contributed by atoms with Gasteiger partial charge in [-0.05, 0) is 36.8 Å². The number of benzene rings is 2. The first-order valence-corrected chi connectivity index (χ1v) is 6.17. The molecule has 0 radical (unpaired) electrons. The molecule has 2 aromatic rings. The molecule has 0 heterocycles. The van der Waals surface area contributed by atoms with E-state index in [0.29, 0.717) is 5.69 Å². The van der Waals surface area contributed by atoms with Crippen LogP contribution in [0.25, 0.3) is 0 Å². The van der Waals surface area contributed by atoms with Gasteiger partial charge in [-0.1, -0.05) is 24.3 Å². The van der Waals surface area contributed by atoms with Crippen LogP contribution in [0.2, 0.25) is 0 Å². The van der Waals surface area contributed by atoms with E-state index in [4.69, 9.17) is 0 Å². The van der Waals surface area contributed by atoms with Crippen molar-refractivity contribution < 1.29 is 18.0 Å². The van der Waals surface area contributed by atoms with Gasteiger partial charge in [0.05, 0.1) is 5.56 Å². The van der Waals surface area contributed by atoms with E-state index >= 15 is 0 Å². The summed E-state index contributed by atoms with van der Waals surface area (Å²) < 4.78 is 38.4. The lowest BCUT2D eigenvalue weighted by molar-refractivity contribution is -0.138. The van der Waals surface area contributed by atoms with Gasteiger partial charge < -0.3 is 10.6 Å². The van der Waals surface area contributed by atoms with Gasteiger partial charge in [-0.2, -0.15) is 13.2 Å². The SMILES string of the molecule is Cc1ccc(NC(=O)Nc2ccccc2)cc1C(F)(F)F. The molecule has 2 aromatic carbocycles. The predicted molar refractivity (Wildman–Crippen MR) is 75.3 cm³/mol. The summed E-state index contributed by atoms with van der Waals surface area (Å²) in [6.45, 7) is 1.37. The summed E-state index contributed by atoms with van der Waals surface area (Å²) >= 11 is 0. The molecule has 0 fully saturated rings. The van der Waals surface area contributed by atoms with Gasteiger partial charge in [0, 0.05) is 11.4 Å². The highest BCUT2D eigenvalue weighted by Gasteiger charge is 2.32. The standard InChI is InChI=1S/C15H13F3N2O/c1-10-7-8-12(9-13(10)15(16,17)18)20-14(21)19-11-5-3-2-4-6-11/h2-9H,1H3,(H2,19,20,21). The van der Waals surface area contributed by atoms with E-state index in [1.165, 1.54) is 19.1 Å². The van der Waals surface area contributed by atoms with Crippen molar-refractivity contribution in [3.8, 4) is 0 Å². The Morgan fingerprint density at radius 1 is 0.952 bits per heavy atom. The zero-order valence-electron chi connectivity index (χ0n) is 11.2. The molecule has 3 nitrogen and oxygen atoms in total. The van der Waals surface area contributed by atoms with Crippen molar-refractivity contribution in [2.24, 2.45) is 0 Å². The number of carbonyl (C=O) groups is 1. The van der Waals surface area contributed by atoms with Gasteiger partial charge in [0.2, 0.25) is 0 Å². The van der Waals surface area contributed by atoms with Crippen LogP contribution in [-0.4, -0.2) is 6.03 Å². The van der Waals surface area contributed by atoms with Crippen molar-refractivity contribution in [2.75, 3.05) is 10.6 Å². The second-order valence-electron chi connectivity index (χ2n) is 4.47. The van der Waals surface area contributed by atoms with E-state index in [9.17, 15) is 18.0 Å². The maximum Gasteiger partial charge on any atom is 0.416 e. The third-order valence-electron chi connectivity index (χ3n) is 2.83. The predicted octanol–water partition coefficient (Wildman–Crippen LogP) is 4.66. The van der Waals surface area contributed by atoms with E-state index in [1.54, 1.807) is 30.3 Å². The van der Waals surface area contributed by atoms with Gasteiger partial charge in [-0.3, -0.25) is 0 Å². The summed E-state index contributed by atoms with van der Waals surface area (Å²) in [5, 5.41) is 4.91. The second-order valence-corrected chi connectivity index (χ2v) is 4.47. The largest absolute Gasteiger partial charge is 0.416 e. The molecular weight excluding hydrogens is 281 g/mol. The molecule has 0 saturated heterocycles. The lowest BCUT2D eigenvalue weighted by Gasteiger charge is -2.13. The van der Waals surface area contributed by atoms with Gasteiger partial charge in [-0.15, -0.1) is 0 Å². The van der Waals surface area contributed by atoms with Crippen molar-refractivity contribution in [3.05, 3.63) is 59.7 Å². The molecule has 6 heteroatoms. The summed E-state index contributed by atoms with van der Waals surface area (Å²) in [5.41, 5.74) is -0.0176. The first-order valence-electron chi connectivity index (χ1n) is 6.17. The fourth-order valence-electron chi connectivity index (χ4n) is 1.82. The fourth-order valence-corrected chi connectivity index (χ4v) is 1.82. The minimum absolute atomic E-state index is 0.0846. The van der Waals surface area contributed by atoms with Crippen molar-refractivity contribution >= 4 is 17.4 Å². The number of aryl methyl sites for hydroxylation is 1. The van der Waals surface area contributed by atoms with Gasteiger partial charge in [-0.25, -0.2) is 4.79 Å². The molecular formula is C15H13F3N2O. The van der Waals surface area contributed by atoms with E-state index in [1.807, 2.05) is 0 Å². The normalized spacial score (nSPS) is 11.0. The third-order valence-corrected chi connectivity index (χ3v) is 2.83. The number of para-hydroxylation sites is 1. The molecule has 110 valence electrons. The highest BCUT2D eigenvalue weighted by molar-refractivity contribution is 5.99. The summed E-state index contributed by atoms with van der Waals surface area (Å²) in [6, 6.07) is 11.7. The van der Waals surface area contributed by atoms with Gasteiger partial charge in [0.1, 0.15) is 0 Å². The summed E-state index contributed by atoms with van der Waals surface area (Å²) in [5.74, 6) is 0. The Morgan fingerprint density at radius 3 is 2.19 bits per heavy atom. The summed E-state index contributed by atoms with van der Waals surface area (Å²) in [6.07, 6.45) is -4.45. The molecule has 0 bridgehead atoms. The fraction of sp³-hybridized carbons (Fsp3) is 0.133. The number of carbonyl (C=O) groups excluding carboxylic acids is 1. The van der Waals surface area contributed by atoms with E-state index < -0.39 is 17.8 Å². The van der Waals surface area contributed by atoms with Crippen LogP contribution in [0.1, 0.15) is 11.1 Å². The first-order chi connectivity index (χ1) is 9.86. The Hall–Kier alpha value is -2.50. The number of hydrogen-bond donors (Lipinski definition) is 2. The average Bonchev–Trinajstić information content (AvgIpc) is 2.41. The van der Waals surface area contributed by atoms with Crippen LogP contribution in [-0.2, 0) is 6.18 Å². The average molecular weight is 294 g/mol. The Morgan fingerprint density at radius 2 is 1.57 bits per heavy atom. The van der Waals surface area contributed by atoms with Crippen molar-refractivity contribution in [1.29, 1.82) is 0 Å². The van der Waals surface area contributed by atoms with Crippen LogP contribution in [0.3, 0.4) is 0 Å². The molecule has 0 aromatic heterocycles. The van der Waals surface area contributed by atoms with Crippen LogP contribution in [0.5, 0.6) is 0 Å². The van der Waals surface area contributed by atoms with E-state index in [-0.39, 0.29) is 11.3 Å². The number of alkyl halides is 3. The van der Waals surface area contributed by atoms with Crippen LogP contribution >= 0.6 is 0 Å². The quantitative estimate of drug-likeness (QED) is 0.831. The monoisotopic (exact) mass is 294 g/mol. The molecule has 0 unspecified atom stereocenters. The minimum Gasteiger partial charge on any atom is -0.308 e. The Labute approximate surface area is 119 Å². The number of urea groups is 1. The summed E-state index contributed by atoms with van der Waals surface area (Å²) in [4.78, 5) is 11.7. The molecule has 2 N–H and O–H groups in total. The lowest BCUT2D eigenvalue weighted by Crippen LogP contribution is -2.20. The van der Waals surface area contributed by atoms with Gasteiger partial charge >= 0.3 is 12.2 Å². The Kier molecular flexibility index (Phi) is 4.16. The third kappa shape index (κ3) is 3.98. The van der Waals surface area contributed by atoms with Crippen LogP contribution in [0.4, 0.5) is 29.3 Å². The second kappa shape index (κ2) is 5.87. The van der Waals surface area contributed by atoms with E-state index in [2.05, 4.69) is 10.6 Å². The van der Waals surface area contributed by atoms with Gasteiger partial charge in [0.25, 0.3) is 0 Å². The molecule has 0 atom stereocenters. The maximum absolute atomic E-state index is 12.8. The Bertz CT molecular complexity index is 639. The molecule has 0 aliphatic heterocycles. The van der Waals surface area contributed by atoms with Crippen LogP contribution < -0.4 is 10.6 Å². The number of amides is 2. The zero-order chi connectivity index (χ0) is 15.5. The van der Waals surface area contributed by atoms with Crippen LogP contribution in [0, 0.1) is 6.92 Å². The number of anilines is 2. The lowest BCUT2D eigenvalue weighted by atomic mass is 10.1. The topological polar surface area (TPSA) is 41.1 Å². The number of halogens is 3. The van der Waals surface area contributed by atoms with E-state index in [0.717, 1.165) is 6.07 Å². The number of rotatable bonds is 2. The highest BCUT2D eigenvalue weighted by Crippen LogP contribution is 2.33. The first kappa shape index (κ1) is 14.9. The number of hydrogen-bond acceptors (Lipinski definition) is 1. The molecule has 0 aliphatic rings. The molecule has 0 aliphatic carbocycles. The molecule has 2 rings (SSSR count). The van der Waals surface area contributed by atoms with Crippen molar-refractivity contribution in [3.63, 3.8) is 0 Å². The summed E-state index contributed by atoms with van der Waals surface area (Å²) in [7, 11) is 0. The smallest absolute Gasteiger partial charge is 0.308 e. The van der Waals surface area contributed by atoms with Gasteiger partial charge in [0.15, 0.2) is 0 Å². The number of nitrogens with one attached hydrogen (secondary N) is 2.